The summed E-state index contributed by atoms with van der Waals surface area (Å²) in [6.07, 6.45) is 3.73. The van der Waals surface area contributed by atoms with E-state index in [1.165, 1.54) is 0 Å². The Balaban J connectivity index is 1.55. The third kappa shape index (κ3) is 4.43. The number of rotatable bonds is 7. The van der Waals surface area contributed by atoms with Gasteiger partial charge in [0.2, 0.25) is 0 Å². The number of nitriles is 1. The van der Waals surface area contributed by atoms with Gasteiger partial charge in [0.25, 0.3) is 5.56 Å². The molecular weight excluding hydrogens is 446 g/mol. The summed E-state index contributed by atoms with van der Waals surface area (Å²) in [7, 11) is 0. The topological polar surface area (TPSA) is 67.9 Å². The van der Waals surface area contributed by atoms with Gasteiger partial charge in [-0.1, -0.05) is 62.7 Å². The molecule has 0 spiro atoms. The molecule has 0 N–H and O–H groups in total. The fourth-order valence-corrected chi connectivity index (χ4v) is 4.92. The van der Waals surface area contributed by atoms with E-state index in [4.69, 9.17) is 9.72 Å². The van der Waals surface area contributed by atoms with Crippen LogP contribution < -0.4 is 10.3 Å². The number of ether oxygens (including phenoxy) is 1. The first kappa shape index (κ1) is 23.6. The van der Waals surface area contributed by atoms with E-state index in [2.05, 4.69) is 19.1 Å². The molecule has 5 nitrogen and oxygen atoms in total. The predicted molar refractivity (Wildman–Crippen MR) is 142 cm³/mol. The Morgan fingerprint density at radius 2 is 1.86 bits per heavy atom. The lowest BCUT2D eigenvalue weighted by Crippen LogP contribution is -2.29. The van der Waals surface area contributed by atoms with Gasteiger partial charge >= 0.3 is 0 Å². The SMILES string of the molecule is CCCc1nc(CC)n(-c2ccc3c(c2)CCO3)c(=O)c1Cc1ccc(-c2ccccc2C#N)cc1. The first-order valence-corrected chi connectivity index (χ1v) is 12.6. The van der Waals surface area contributed by atoms with Crippen molar-refractivity contribution in [3.63, 3.8) is 0 Å². The van der Waals surface area contributed by atoms with Gasteiger partial charge in [0.15, 0.2) is 0 Å². The lowest BCUT2D eigenvalue weighted by atomic mass is 9.97. The summed E-state index contributed by atoms with van der Waals surface area (Å²) in [6, 6.07) is 24.0. The maximum absolute atomic E-state index is 14.0. The third-order valence-electron chi connectivity index (χ3n) is 6.76. The largest absolute Gasteiger partial charge is 0.493 e. The van der Waals surface area contributed by atoms with Crippen molar-refractivity contribution in [2.45, 2.75) is 46.0 Å². The maximum atomic E-state index is 14.0. The van der Waals surface area contributed by atoms with Crippen LogP contribution in [0.1, 0.15) is 54.0 Å². The quantitative estimate of drug-likeness (QED) is 0.338. The summed E-state index contributed by atoms with van der Waals surface area (Å²) < 4.78 is 7.45. The second-order valence-electron chi connectivity index (χ2n) is 9.12. The minimum Gasteiger partial charge on any atom is -0.493 e. The van der Waals surface area contributed by atoms with Gasteiger partial charge in [-0.15, -0.1) is 0 Å². The number of fused-ring (bicyclic) bond motifs is 1. The number of aromatic nitrogens is 2. The first-order chi connectivity index (χ1) is 17.6. The molecular formula is C31H29N3O2. The molecule has 1 aliphatic heterocycles. The molecule has 0 aliphatic carbocycles. The third-order valence-corrected chi connectivity index (χ3v) is 6.76. The molecule has 180 valence electrons. The zero-order valence-electron chi connectivity index (χ0n) is 20.8. The molecule has 0 radical (unpaired) electrons. The Morgan fingerprint density at radius 1 is 1.06 bits per heavy atom. The van der Waals surface area contributed by atoms with Crippen LogP contribution in [-0.2, 0) is 25.7 Å². The highest BCUT2D eigenvalue weighted by Gasteiger charge is 2.19. The van der Waals surface area contributed by atoms with E-state index in [1.54, 1.807) is 4.57 Å². The van der Waals surface area contributed by atoms with Gasteiger partial charge in [-0.05, 0) is 52.9 Å². The lowest BCUT2D eigenvalue weighted by molar-refractivity contribution is 0.357. The van der Waals surface area contributed by atoms with Crippen LogP contribution in [0.2, 0.25) is 0 Å². The van der Waals surface area contributed by atoms with Crippen molar-refractivity contribution >= 4 is 0 Å². The number of hydrogen-bond donors (Lipinski definition) is 0. The molecule has 2 heterocycles. The fourth-order valence-electron chi connectivity index (χ4n) is 4.92. The number of hydrogen-bond acceptors (Lipinski definition) is 4. The van der Waals surface area contributed by atoms with Gasteiger partial charge in [0.05, 0.1) is 29.6 Å². The van der Waals surface area contributed by atoms with E-state index >= 15 is 0 Å². The summed E-state index contributed by atoms with van der Waals surface area (Å²) in [5, 5.41) is 9.45. The lowest BCUT2D eigenvalue weighted by Gasteiger charge is -2.17. The van der Waals surface area contributed by atoms with E-state index in [1.807, 2.05) is 67.6 Å². The van der Waals surface area contributed by atoms with E-state index in [0.717, 1.165) is 70.0 Å². The van der Waals surface area contributed by atoms with Gasteiger partial charge in [0, 0.05) is 24.8 Å². The van der Waals surface area contributed by atoms with Gasteiger partial charge in [-0.3, -0.25) is 9.36 Å². The zero-order chi connectivity index (χ0) is 25.1. The summed E-state index contributed by atoms with van der Waals surface area (Å²) in [5.41, 5.74) is 7.21. The van der Waals surface area contributed by atoms with Crippen molar-refractivity contribution in [2.24, 2.45) is 0 Å². The highest BCUT2D eigenvalue weighted by molar-refractivity contribution is 5.70. The average molecular weight is 476 g/mol. The predicted octanol–water partition coefficient (Wildman–Crippen LogP) is 5.81. The Morgan fingerprint density at radius 3 is 2.61 bits per heavy atom. The standard InChI is InChI=1S/C31H29N3O2/c1-3-7-28-27(18-21-10-12-22(13-11-21)26-9-6-5-8-24(26)20-32)31(35)34(30(4-2)33-28)25-14-15-29-23(19-25)16-17-36-29/h5-6,8-15,19H,3-4,7,16-18H2,1-2H3. The van der Waals surface area contributed by atoms with Crippen molar-refractivity contribution in [1.29, 1.82) is 5.26 Å². The Bertz CT molecular complexity index is 1510. The monoisotopic (exact) mass is 475 g/mol. The molecule has 3 aromatic carbocycles. The maximum Gasteiger partial charge on any atom is 0.261 e. The van der Waals surface area contributed by atoms with Crippen LogP contribution in [0.5, 0.6) is 5.75 Å². The van der Waals surface area contributed by atoms with E-state index < -0.39 is 0 Å². The minimum atomic E-state index is 0.00284. The van der Waals surface area contributed by atoms with Crippen LogP contribution in [0.4, 0.5) is 0 Å². The van der Waals surface area contributed by atoms with Gasteiger partial charge in [0.1, 0.15) is 11.6 Å². The molecule has 1 aromatic heterocycles. The van der Waals surface area contributed by atoms with Crippen LogP contribution in [0.15, 0.2) is 71.5 Å². The van der Waals surface area contributed by atoms with Crippen molar-refractivity contribution in [3.8, 4) is 28.6 Å². The second kappa shape index (κ2) is 10.2. The highest BCUT2D eigenvalue weighted by atomic mass is 16.5. The smallest absolute Gasteiger partial charge is 0.261 e. The van der Waals surface area contributed by atoms with Gasteiger partial charge in [-0.25, -0.2) is 4.98 Å². The fraction of sp³-hybridized carbons (Fsp3) is 0.258. The molecule has 1 aliphatic rings. The summed E-state index contributed by atoms with van der Waals surface area (Å²) in [4.78, 5) is 19.0. The second-order valence-corrected chi connectivity index (χ2v) is 9.12. The Hall–Kier alpha value is -4.17. The van der Waals surface area contributed by atoms with E-state index in [9.17, 15) is 10.1 Å². The number of aryl methyl sites for hydroxylation is 2. The van der Waals surface area contributed by atoms with Crippen molar-refractivity contribution in [3.05, 3.63) is 111 Å². The molecule has 5 heteroatoms. The minimum absolute atomic E-state index is 0.00284. The van der Waals surface area contributed by atoms with Crippen LogP contribution in [0.25, 0.3) is 16.8 Å². The molecule has 0 fully saturated rings. The Labute approximate surface area is 211 Å². The van der Waals surface area contributed by atoms with Crippen LogP contribution in [0, 0.1) is 11.3 Å². The molecule has 36 heavy (non-hydrogen) atoms. The molecule has 0 amide bonds. The molecule has 0 bridgehead atoms. The van der Waals surface area contributed by atoms with Crippen LogP contribution in [-0.4, -0.2) is 16.2 Å². The molecule has 0 atom stereocenters. The molecule has 0 unspecified atom stereocenters. The van der Waals surface area contributed by atoms with Crippen LogP contribution >= 0.6 is 0 Å². The van der Waals surface area contributed by atoms with Crippen LogP contribution in [0.3, 0.4) is 0 Å². The van der Waals surface area contributed by atoms with E-state index in [-0.39, 0.29) is 5.56 Å². The average Bonchev–Trinajstić information content (AvgIpc) is 3.39. The molecule has 0 saturated heterocycles. The van der Waals surface area contributed by atoms with Gasteiger partial charge in [-0.2, -0.15) is 5.26 Å². The van der Waals surface area contributed by atoms with Crippen molar-refractivity contribution < 1.29 is 4.74 Å². The first-order valence-electron chi connectivity index (χ1n) is 12.6. The van der Waals surface area contributed by atoms with Crippen molar-refractivity contribution in [2.75, 3.05) is 6.61 Å². The molecule has 4 aromatic rings. The normalized spacial score (nSPS) is 12.1. The zero-order valence-corrected chi connectivity index (χ0v) is 20.8. The molecule has 0 saturated carbocycles. The van der Waals surface area contributed by atoms with Gasteiger partial charge < -0.3 is 4.74 Å². The summed E-state index contributed by atoms with van der Waals surface area (Å²) in [5.74, 6) is 1.69. The number of benzene rings is 3. The van der Waals surface area contributed by atoms with E-state index in [0.29, 0.717) is 25.0 Å². The van der Waals surface area contributed by atoms with Crippen molar-refractivity contribution in [1.82, 2.24) is 9.55 Å². The summed E-state index contributed by atoms with van der Waals surface area (Å²) >= 11 is 0. The summed E-state index contributed by atoms with van der Waals surface area (Å²) in [6.45, 7) is 4.84. The number of nitrogens with zero attached hydrogens (tertiary/aromatic N) is 3. The molecule has 5 rings (SSSR count). The highest BCUT2D eigenvalue weighted by Crippen LogP contribution is 2.28. The Kier molecular flexibility index (Phi) is 6.69.